The lowest BCUT2D eigenvalue weighted by atomic mass is 10.1. The molecule has 0 saturated heterocycles. The topological polar surface area (TPSA) is 94.0 Å². The number of rotatable bonds is 6. The second-order valence-electron chi connectivity index (χ2n) is 6.71. The molecule has 8 heteroatoms. The lowest BCUT2D eigenvalue weighted by molar-refractivity contribution is -0.115. The fraction of sp³-hybridized carbons (Fsp3) is 0.250. The molecule has 3 rings (SSSR count). The summed E-state index contributed by atoms with van der Waals surface area (Å²) in [6, 6.07) is 9.99. The van der Waals surface area contributed by atoms with Crippen LogP contribution in [0, 0.1) is 6.92 Å². The van der Waals surface area contributed by atoms with Crippen LogP contribution in [-0.4, -0.2) is 34.1 Å². The highest BCUT2D eigenvalue weighted by molar-refractivity contribution is 7.92. The first-order chi connectivity index (χ1) is 13.3. The number of benzene rings is 1. The molecule has 1 N–H and O–H groups in total. The standard InChI is InChI=1S/C20H22N4O3S/c1-14(2)28(26,27)18-7-4-16(5-8-18)12-20(25)23-17-6-9-19(22-13-17)24-11-10-21-15(24)3/h4-11,13-14H,12H2,1-3H3,(H,23,25). The van der Waals surface area contributed by atoms with Gasteiger partial charge in [0.15, 0.2) is 9.84 Å². The Labute approximate surface area is 164 Å². The molecule has 0 aliphatic heterocycles. The summed E-state index contributed by atoms with van der Waals surface area (Å²) in [5, 5.41) is 2.31. The minimum Gasteiger partial charge on any atom is -0.324 e. The van der Waals surface area contributed by atoms with Gasteiger partial charge >= 0.3 is 0 Å². The van der Waals surface area contributed by atoms with Crippen LogP contribution >= 0.6 is 0 Å². The first kappa shape index (κ1) is 19.8. The van der Waals surface area contributed by atoms with Crippen molar-refractivity contribution in [3.63, 3.8) is 0 Å². The first-order valence-corrected chi connectivity index (χ1v) is 10.4. The minimum atomic E-state index is -3.31. The van der Waals surface area contributed by atoms with Gasteiger partial charge in [-0.2, -0.15) is 0 Å². The summed E-state index contributed by atoms with van der Waals surface area (Å²) >= 11 is 0. The second kappa shape index (κ2) is 7.93. The Hall–Kier alpha value is -3.00. The molecule has 0 spiro atoms. The van der Waals surface area contributed by atoms with Crippen LogP contribution in [0.2, 0.25) is 0 Å². The lowest BCUT2D eigenvalue weighted by Gasteiger charge is -2.09. The van der Waals surface area contributed by atoms with Gasteiger partial charge in [0.25, 0.3) is 0 Å². The molecule has 0 saturated carbocycles. The number of carbonyl (C=O) groups excluding carboxylic acids is 1. The summed E-state index contributed by atoms with van der Waals surface area (Å²) in [5.41, 5.74) is 1.32. The molecule has 0 aliphatic rings. The van der Waals surface area contributed by atoms with E-state index in [1.54, 1.807) is 62.6 Å². The van der Waals surface area contributed by atoms with Gasteiger partial charge < -0.3 is 5.32 Å². The fourth-order valence-corrected chi connectivity index (χ4v) is 3.74. The van der Waals surface area contributed by atoms with E-state index in [2.05, 4.69) is 15.3 Å². The Kier molecular flexibility index (Phi) is 5.60. The third-order valence-corrected chi connectivity index (χ3v) is 6.51. The summed E-state index contributed by atoms with van der Waals surface area (Å²) in [7, 11) is -3.31. The number of hydrogen-bond acceptors (Lipinski definition) is 5. The average Bonchev–Trinajstić information content (AvgIpc) is 3.08. The third-order valence-electron chi connectivity index (χ3n) is 4.34. The normalized spacial score (nSPS) is 11.6. The second-order valence-corrected chi connectivity index (χ2v) is 9.22. The maximum Gasteiger partial charge on any atom is 0.228 e. The summed E-state index contributed by atoms with van der Waals surface area (Å²) in [4.78, 5) is 21.0. The van der Waals surface area contributed by atoms with Gasteiger partial charge in [-0.3, -0.25) is 9.36 Å². The van der Waals surface area contributed by atoms with E-state index in [-0.39, 0.29) is 17.2 Å². The Morgan fingerprint density at radius 3 is 2.36 bits per heavy atom. The number of imidazole rings is 1. The molecule has 0 unspecified atom stereocenters. The van der Waals surface area contributed by atoms with Gasteiger partial charge in [0.05, 0.1) is 28.5 Å². The Morgan fingerprint density at radius 1 is 1.11 bits per heavy atom. The van der Waals surface area contributed by atoms with Gasteiger partial charge in [-0.25, -0.2) is 18.4 Å². The predicted octanol–water partition coefficient (Wildman–Crippen LogP) is 2.94. The van der Waals surface area contributed by atoms with E-state index < -0.39 is 15.1 Å². The van der Waals surface area contributed by atoms with Gasteiger partial charge in [-0.15, -0.1) is 0 Å². The van der Waals surface area contributed by atoms with Crippen LogP contribution in [0.25, 0.3) is 5.82 Å². The van der Waals surface area contributed by atoms with Crippen molar-refractivity contribution >= 4 is 21.4 Å². The maximum absolute atomic E-state index is 12.3. The SMILES string of the molecule is Cc1nccn1-c1ccc(NC(=O)Cc2ccc(S(=O)(=O)C(C)C)cc2)cn1. The zero-order chi connectivity index (χ0) is 20.3. The molecule has 0 radical (unpaired) electrons. The van der Waals surface area contributed by atoms with Crippen molar-refractivity contribution < 1.29 is 13.2 Å². The Bertz CT molecular complexity index is 1070. The minimum absolute atomic E-state index is 0.143. The molecule has 7 nitrogen and oxygen atoms in total. The highest BCUT2D eigenvalue weighted by Crippen LogP contribution is 2.17. The van der Waals surface area contributed by atoms with E-state index in [1.807, 2.05) is 17.7 Å². The van der Waals surface area contributed by atoms with E-state index in [1.165, 1.54) is 0 Å². The van der Waals surface area contributed by atoms with Crippen molar-refractivity contribution in [3.05, 3.63) is 66.4 Å². The van der Waals surface area contributed by atoms with Gasteiger partial charge in [0.2, 0.25) is 5.91 Å². The van der Waals surface area contributed by atoms with Crippen LogP contribution in [0.3, 0.4) is 0 Å². The lowest BCUT2D eigenvalue weighted by Crippen LogP contribution is -2.16. The molecule has 146 valence electrons. The number of nitrogens with one attached hydrogen (secondary N) is 1. The molecule has 0 aliphatic carbocycles. The fourth-order valence-electron chi connectivity index (χ4n) is 2.68. The summed E-state index contributed by atoms with van der Waals surface area (Å²) < 4.78 is 26.1. The highest BCUT2D eigenvalue weighted by Gasteiger charge is 2.18. The van der Waals surface area contributed by atoms with Crippen molar-refractivity contribution in [2.24, 2.45) is 0 Å². The number of sulfone groups is 1. The van der Waals surface area contributed by atoms with Crippen molar-refractivity contribution in [1.82, 2.24) is 14.5 Å². The number of aromatic nitrogens is 3. The van der Waals surface area contributed by atoms with E-state index in [0.717, 1.165) is 17.2 Å². The number of nitrogens with zero attached hydrogens (tertiary/aromatic N) is 3. The summed E-state index contributed by atoms with van der Waals surface area (Å²) in [6.07, 6.45) is 5.25. The number of anilines is 1. The number of carbonyl (C=O) groups is 1. The molecule has 2 heterocycles. The molecule has 1 aromatic carbocycles. The van der Waals surface area contributed by atoms with Crippen LogP contribution in [-0.2, 0) is 21.1 Å². The Morgan fingerprint density at radius 2 is 1.82 bits per heavy atom. The van der Waals surface area contributed by atoms with Crippen LogP contribution in [0.5, 0.6) is 0 Å². The molecule has 1 amide bonds. The zero-order valence-corrected chi connectivity index (χ0v) is 16.8. The Balaban J connectivity index is 1.63. The van der Waals surface area contributed by atoms with Crippen molar-refractivity contribution in [2.75, 3.05) is 5.32 Å². The number of aryl methyl sites for hydroxylation is 1. The van der Waals surface area contributed by atoms with E-state index in [0.29, 0.717) is 5.69 Å². The largest absolute Gasteiger partial charge is 0.324 e. The molecule has 0 bridgehead atoms. The van der Waals surface area contributed by atoms with Gasteiger partial charge in [-0.05, 0) is 50.6 Å². The maximum atomic E-state index is 12.3. The average molecular weight is 398 g/mol. The number of pyridine rings is 1. The highest BCUT2D eigenvalue weighted by atomic mass is 32.2. The van der Waals surface area contributed by atoms with Gasteiger partial charge in [0, 0.05) is 12.4 Å². The van der Waals surface area contributed by atoms with Crippen molar-refractivity contribution in [1.29, 1.82) is 0 Å². The molecule has 28 heavy (non-hydrogen) atoms. The first-order valence-electron chi connectivity index (χ1n) is 8.86. The molecular formula is C20H22N4O3S. The summed E-state index contributed by atoms with van der Waals surface area (Å²) in [5.74, 6) is 1.34. The van der Waals surface area contributed by atoms with E-state index >= 15 is 0 Å². The van der Waals surface area contributed by atoms with Gasteiger partial charge in [0.1, 0.15) is 11.6 Å². The van der Waals surface area contributed by atoms with E-state index in [4.69, 9.17) is 0 Å². The zero-order valence-electron chi connectivity index (χ0n) is 16.0. The van der Waals surface area contributed by atoms with Crippen LogP contribution in [0.1, 0.15) is 25.2 Å². The predicted molar refractivity (Wildman–Crippen MR) is 107 cm³/mol. The molecule has 0 atom stereocenters. The number of hydrogen-bond donors (Lipinski definition) is 1. The molecule has 2 aromatic heterocycles. The van der Waals surface area contributed by atoms with Crippen molar-refractivity contribution in [3.8, 4) is 5.82 Å². The van der Waals surface area contributed by atoms with E-state index in [9.17, 15) is 13.2 Å². The van der Waals surface area contributed by atoms with Crippen LogP contribution < -0.4 is 5.32 Å². The quantitative estimate of drug-likeness (QED) is 0.689. The van der Waals surface area contributed by atoms with Crippen LogP contribution in [0.4, 0.5) is 5.69 Å². The molecule has 3 aromatic rings. The third kappa shape index (κ3) is 4.28. The van der Waals surface area contributed by atoms with Crippen LogP contribution in [0.15, 0.2) is 59.9 Å². The van der Waals surface area contributed by atoms with Gasteiger partial charge in [-0.1, -0.05) is 12.1 Å². The number of amides is 1. The monoisotopic (exact) mass is 398 g/mol. The smallest absolute Gasteiger partial charge is 0.228 e. The van der Waals surface area contributed by atoms with Crippen molar-refractivity contribution in [2.45, 2.75) is 37.3 Å². The summed E-state index contributed by atoms with van der Waals surface area (Å²) in [6.45, 7) is 5.17. The molecule has 0 fully saturated rings. The molecular weight excluding hydrogens is 376 g/mol.